The number of esters is 1. The van der Waals surface area contributed by atoms with Gasteiger partial charge in [-0.05, 0) is 52.7 Å². The quantitative estimate of drug-likeness (QED) is 0.613. The highest BCUT2D eigenvalue weighted by Gasteiger charge is 2.37. The molecule has 0 unspecified atom stereocenters. The Morgan fingerprint density at radius 2 is 2.03 bits per heavy atom. The van der Waals surface area contributed by atoms with Crippen LogP contribution in [0.15, 0.2) is 40.9 Å². The molecule has 30 heavy (non-hydrogen) atoms. The molecule has 1 atom stereocenters. The predicted octanol–water partition coefficient (Wildman–Crippen LogP) is 3.95. The summed E-state index contributed by atoms with van der Waals surface area (Å²) in [6.45, 7) is 1.53. The fourth-order valence-corrected chi connectivity index (χ4v) is 3.79. The molecule has 0 bridgehead atoms. The van der Waals surface area contributed by atoms with Crippen LogP contribution in [0.2, 0.25) is 5.02 Å². The minimum Gasteiger partial charge on any atom is -0.495 e. The summed E-state index contributed by atoms with van der Waals surface area (Å²) < 4.78 is 11.1. The lowest BCUT2D eigenvalue weighted by Crippen LogP contribution is -2.28. The molecule has 3 rings (SSSR count). The molecule has 2 amide bonds. The summed E-state index contributed by atoms with van der Waals surface area (Å²) in [4.78, 5) is 38.5. The van der Waals surface area contributed by atoms with Crippen LogP contribution in [-0.4, -0.2) is 38.0 Å². The second-order valence-corrected chi connectivity index (χ2v) is 8.08. The van der Waals surface area contributed by atoms with E-state index in [2.05, 4.69) is 21.2 Å². The van der Waals surface area contributed by atoms with Crippen LogP contribution < -0.4 is 15.0 Å². The Morgan fingerprint density at radius 1 is 1.30 bits per heavy atom. The van der Waals surface area contributed by atoms with Crippen LogP contribution >= 0.6 is 27.5 Å². The number of amides is 2. The van der Waals surface area contributed by atoms with Gasteiger partial charge in [-0.25, -0.2) is 0 Å². The molecule has 1 aliphatic rings. The molecule has 0 radical (unpaired) electrons. The van der Waals surface area contributed by atoms with E-state index in [1.807, 2.05) is 6.92 Å². The van der Waals surface area contributed by atoms with Crippen molar-refractivity contribution in [3.63, 3.8) is 0 Å². The first kappa shape index (κ1) is 22.1. The van der Waals surface area contributed by atoms with Gasteiger partial charge in [0.25, 0.3) is 5.91 Å². The molecule has 0 aromatic heterocycles. The number of nitrogens with one attached hydrogen (secondary N) is 1. The minimum absolute atomic E-state index is 0.0138. The maximum atomic E-state index is 12.4. The number of benzene rings is 2. The Labute approximate surface area is 187 Å². The monoisotopic (exact) mass is 494 g/mol. The van der Waals surface area contributed by atoms with Gasteiger partial charge in [-0.15, -0.1) is 0 Å². The molecule has 0 spiro atoms. The summed E-state index contributed by atoms with van der Waals surface area (Å²) in [7, 11) is 1.52. The number of methoxy groups -OCH3 is 1. The molecular weight excluding hydrogens is 476 g/mol. The summed E-state index contributed by atoms with van der Waals surface area (Å²) in [6, 6.07) is 10.5. The third-order valence-electron chi connectivity index (χ3n) is 4.72. The first-order valence-corrected chi connectivity index (χ1v) is 10.3. The van der Waals surface area contributed by atoms with Crippen molar-refractivity contribution in [2.45, 2.75) is 13.3 Å². The van der Waals surface area contributed by atoms with Crippen molar-refractivity contribution in [2.24, 2.45) is 5.92 Å². The molecule has 1 heterocycles. The van der Waals surface area contributed by atoms with Crippen molar-refractivity contribution >= 4 is 56.7 Å². The second-order valence-electron chi connectivity index (χ2n) is 6.81. The summed E-state index contributed by atoms with van der Waals surface area (Å²) in [5.41, 5.74) is 1.93. The van der Waals surface area contributed by atoms with E-state index in [0.717, 1.165) is 10.0 Å². The zero-order valence-corrected chi connectivity index (χ0v) is 18.7. The van der Waals surface area contributed by atoms with Gasteiger partial charge >= 0.3 is 5.97 Å². The molecule has 0 aliphatic carbocycles. The van der Waals surface area contributed by atoms with Crippen LogP contribution in [0.4, 0.5) is 11.4 Å². The average molecular weight is 496 g/mol. The molecule has 0 saturated carbocycles. The van der Waals surface area contributed by atoms with Gasteiger partial charge in [-0.2, -0.15) is 0 Å². The van der Waals surface area contributed by atoms with Crippen molar-refractivity contribution in [1.82, 2.24) is 0 Å². The van der Waals surface area contributed by atoms with E-state index >= 15 is 0 Å². The number of para-hydroxylation sites is 2. The maximum Gasteiger partial charge on any atom is 0.311 e. The van der Waals surface area contributed by atoms with E-state index in [4.69, 9.17) is 21.1 Å². The van der Waals surface area contributed by atoms with Gasteiger partial charge in [0, 0.05) is 23.1 Å². The van der Waals surface area contributed by atoms with Crippen molar-refractivity contribution in [3.05, 3.63) is 51.5 Å². The van der Waals surface area contributed by atoms with E-state index < -0.39 is 24.4 Å². The van der Waals surface area contributed by atoms with Crippen LogP contribution in [-0.2, 0) is 19.1 Å². The fraction of sp³-hybridized carbons (Fsp3) is 0.286. The second kappa shape index (κ2) is 9.49. The smallest absolute Gasteiger partial charge is 0.311 e. The van der Waals surface area contributed by atoms with Crippen molar-refractivity contribution < 1.29 is 23.9 Å². The minimum atomic E-state index is -0.654. The van der Waals surface area contributed by atoms with Crippen LogP contribution in [0.1, 0.15) is 12.0 Å². The standard InChI is InChI=1S/C21H20BrClN2O5/c1-12-7-14(22)15(23)9-16(12)24-19(26)11-30-21(28)13-8-20(27)25(10-13)17-5-3-4-6-18(17)29-2/h3-7,9,13H,8,10-11H2,1-2H3,(H,24,26)/t13-/m0/s1. The lowest BCUT2D eigenvalue weighted by atomic mass is 10.1. The lowest BCUT2D eigenvalue weighted by Gasteiger charge is -2.19. The highest BCUT2D eigenvalue weighted by atomic mass is 79.9. The Balaban J connectivity index is 1.57. The molecule has 158 valence electrons. The van der Waals surface area contributed by atoms with Crippen molar-refractivity contribution in [3.8, 4) is 5.75 Å². The third kappa shape index (κ3) is 4.94. The molecule has 7 nitrogen and oxygen atoms in total. The van der Waals surface area contributed by atoms with Crippen molar-refractivity contribution in [2.75, 3.05) is 30.5 Å². The predicted molar refractivity (Wildman–Crippen MR) is 117 cm³/mol. The van der Waals surface area contributed by atoms with Gasteiger partial charge in [-0.1, -0.05) is 23.7 Å². The van der Waals surface area contributed by atoms with E-state index in [0.29, 0.717) is 22.1 Å². The first-order chi connectivity index (χ1) is 14.3. The molecule has 1 N–H and O–H groups in total. The number of halogens is 2. The van der Waals surface area contributed by atoms with Gasteiger partial charge in [0.1, 0.15) is 5.75 Å². The summed E-state index contributed by atoms with van der Waals surface area (Å²) in [5.74, 6) is -1.40. The number of anilines is 2. The highest BCUT2D eigenvalue weighted by Crippen LogP contribution is 2.33. The number of carbonyl (C=O) groups excluding carboxylic acids is 3. The zero-order valence-electron chi connectivity index (χ0n) is 16.4. The number of hydrogen-bond acceptors (Lipinski definition) is 5. The number of hydrogen-bond donors (Lipinski definition) is 1. The van der Waals surface area contributed by atoms with Crippen LogP contribution in [0, 0.1) is 12.8 Å². The van der Waals surface area contributed by atoms with Crippen LogP contribution in [0.3, 0.4) is 0 Å². The topological polar surface area (TPSA) is 84.9 Å². The largest absolute Gasteiger partial charge is 0.495 e. The first-order valence-electron chi connectivity index (χ1n) is 9.15. The van der Waals surface area contributed by atoms with Gasteiger partial charge < -0.3 is 19.7 Å². The molecule has 2 aromatic rings. The van der Waals surface area contributed by atoms with E-state index in [9.17, 15) is 14.4 Å². The zero-order chi connectivity index (χ0) is 21.8. The SMILES string of the molecule is COc1ccccc1N1C[C@@H](C(=O)OCC(=O)Nc2cc(Cl)c(Br)cc2C)CC1=O. The van der Waals surface area contributed by atoms with Gasteiger partial charge in [-0.3, -0.25) is 14.4 Å². The lowest BCUT2D eigenvalue weighted by molar-refractivity contribution is -0.151. The van der Waals surface area contributed by atoms with E-state index in [-0.39, 0.29) is 18.9 Å². The number of nitrogens with zero attached hydrogens (tertiary/aromatic N) is 1. The third-order valence-corrected chi connectivity index (χ3v) is 5.92. The Morgan fingerprint density at radius 3 is 2.77 bits per heavy atom. The Bertz CT molecular complexity index is 997. The molecule has 2 aromatic carbocycles. The Hall–Kier alpha value is -2.58. The van der Waals surface area contributed by atoms with Gasteiger partial charge in [0.05, 0.1) is 23.7 Å². The van der Waals surface area contributed by atoms with Crippen molar-refractivity contribution in [1.29, 1.82) is 0 Å². The molecule has 1 fully saturated rings. The van der Waals surface area contributed by atoms with Gasteiger partial charge in [0.2, 0.25) is 5.91 Å². The molecule has 9 heteroatoms. The number of rotatable bonds is 6. The summed E-state index contributed by atoms with van der Waals surface area (Å²) >= 11 is 9.37. The Kier molecular flexibility index (Phi) is 6.99. The molecular formula is C21H20BrClN2O5. The number of aryl methyl sites for hydroxylation is 1. The van der Waals surface area contributed by atoms with E-state index in [1.54, 1.807) is 36.4 Å². The van der Waals surface area contributed by atoms with Crippen LogP contribution in [0.25, 0.3) is 0 Å². The van der Waals surface area contributed by atoms with E-state index in [1.165, 1.54) is 12.0 Å². The van der Waals surface area contributed by atoms with Crippen LogP contribution in [0.5, 0.6) is 5.75 Å². The molecule has 1 saturated heterocycles. The highest BCUT2D eigenvalue weighted by molar-refractivity contribution is 9.10. The average Bonchev–Trinajstić information content (AvgIpc) is 3.11. The number of ether oxygens (including phenoxy) is 2. The summed E-state index contributed by atoms with van der Waals surface area (Å²) in [6.07, 6.45) is 0.0138. The summed E-state index contributed by atoms with van der Waals surface area (Å²) in [5, 5.41) is 3.12. The number of carbonyl (C=O) groups is 3. The molecule has 1 aliphatic heterocycles. The fourth-order valence-electron chi connectivity index (χ4n) is 3.17. The normalized spacial score (nSPS) is 15.8. The maximum absolute atomic E-state index is 12.4. The van der Waals surface area contributed by atoms with Gasteiger partial charge in [0.15, 0.2) is 6.61 Å².